The van der Waals surface area contributed by atoms with Crippen molar-refractivity contribution in [3.8, 4) is 0 Å². The van der Waals surface area contributed by atoms with Gasteiger partial charge in [0.15, 0.2) is 0 Å². The van der Waals surface area contributed by atoms with Gasteiger partial charge in [0, 0.05) is 18.6 Å². The van der Waals surface area contributed by atoms with Crippen molar-refractivity contribution in [1.29, 1.82) is 0 Å². The van der Waals surface area contributed by atoms with Crippen LogP contribution in [0.3, 0.4) is 0 Å². The van der Waals surface area contributed by atoms with E-state index in [4.69, 9.17) is 0 Å². The van der Waals surface area contributed by atoms with E-state index in [1.54, 1.807) is 0 Å². The van der Waals surface area contributed by atoms with E-state index in [9.17, 15) is 4.79 Å². The van der Waals surface area contributed by atoms with Gasteiger partial charge in [-0.05, 0) is 65.1 Å². The van der Waals surface area contributed by atoms with Crippen molar-refractivity contribution in [1.82, 2.24) is 15.1 Å². The third-order valence-electron chi connectivity index (χ3n) is 4.97. The molecule has 4 nitrogen and oxygen atoms in total. The Morgan fingerprint density at radius 2 is 1.95 bits per heavy atom. The summed E-state index contributed by atoms with van der Waals surface area (Å²) >= 11 is 0. The number of piperidine rings is 1. The summed E-state index contributed by atoms with van der Waals surface area (Å²) in [5.41, 5.74) is 0. The first kappa shape index (κ1) is 13.4. The fourth-order valence-corrected chi connectivity index (χ4v) is 3.80. The third-order valence-corrected chi connectivity index (χ3v) is 4.97. The van der Waals surface area contributed by atoms with Crippen molar-refractivity contribution in [2.24, 2.45) is 0 Å². The Labute approximate surface area is 116 Å². The molecule has 1 N–H and O–H groups in total. The molecule has 1 unspecified atom stereocenters. The first-order chi connectivity index (χ1) is 9.31. The molecule has 1 atom stereocenters. The predicted molar refractivity (Wildman–Crippen MR) is 76.0 cm³/mol. The molecule has 0 aromatic rings. The lowest BCUT2D eigenvalue weighted by Gasteiger charge is -2.37. The molecule has 0 aromatic heterocycles. The van der Waals surface area contributed by atoms with Gasteiger partial charge in [0.05, 0.1) is 6.04 Å². The Morgan fingerprint density at radius 1 is 1.21 bits per heavy atom. The van der Waals surface area contributed by atoms with Crippen LogP contribution in [-0.2, 0) is 4.79 Å². The highest BCUT2D eigenvalue weighted by atomic mass is 16.2. The lowest BCUT2D eigenvalue weighted by Crippen LogP contribution is -2.52. The number of nitrogens with one attached hydrogen (secondary N) is 1. The van der Waals surface area contributed by atoms with E-state index in [-0.39, 0.29) is 6.04 Å². The maximum absolute atomic E-state index is 12.8. The van der Waals surface area contributed by atoms with E-state index in [2.05, 4.69) is 22.0 Å². The average Bonchev–Trinajstić information content (AvgIpc) is 3.16. The van der Waals surface area contributed by atoms with Gasteiger partial charge in [-0.3, -0.25) is 9.69 Å². The number of hydrogen-bond acceptors (Lipinski definition) is 3. The third kappa shape index (κ3) is 2.79. The van der Waals surface area contributed by atoms with Gasteiger partial charge >= 0.3 is 0 Å². The quantitative estimate of drug-likeness (QED) is 0.830. The van der Waals surface area contributed by atoms with Gasteiger partial charge in [0.1, 0.15) is 0 Å². The van der Waals surface area contributed by atoms with Crippen LogP contribution in [0.5, 0.6) is 0 Å². The van der Waals surface area contributed by atoms with Gasteiger partial charge in [-0.25, -0.2) is 0 Å². The molecule has 108 valence electrons. The van der Waals surface area contributed by atoms with Crippen LogP contribution < -0.4 is 5.32 Å². The second-order valence-electron chi connectivity index (χ2n) is 6.23. The zero-order valence-corrected chi connectivity index (χ0v) is 12.1. The lowest BCUT2D eigenvalue weighted by atomic mass is 10.0. The molecule has 0 bridgehead atoms. The molecule has 19 heavy (non-hydrogen) atoms. The number of carbonyl (C=O) groups is 1. The second-order valence-corrected chi connectivity index (χ2v) is 6.23. The van der Waals surface area contributed by atoms with Crippen molar-refractivity contribution >= 4 is 5.91 Å². The largest absolute Gasteiger partial charge is 0.339 e. The summed E-state index contributed by atoms with van der Waals surface area (Å²) in [4.78, 5) is 17.4. The van der Waals surface area contributed by atoms with Crippen LogP contribution in [0.15, 0.2) is 0 Å². The smallest absolute Gasteiger partial charge is 0.240 e. The number of likely N-dealkylation sites (tertiary alicyclic amines) is 1. The summed E-state index contributed by atoms with van der Waals surface area (Å²) in [7, 11) is 0. The minimum atomic E-state index is 0.184. The molecule has 3 aliphatic rings. The minimum absolute atomic E-state index is 0.184. The molecular formula is C15H27N3O. The van der Waals surface area contributed by atoms with E-state index >= 15 is 0 Å². The summed E-state index contributed by atoms with van der Waals surface area (Å²) in [6, 6.07) is 1.38. The summed E-state index contributed by atoms with van der Waals surface area (Å²) in [6.45, 7) is 6.37. The number of rotatable bonds is 4. The van der Waals surface area contributed by atoms with Gasteiger partial charge in [0.25, 0.3) is 0 Å². The zero-order valence-electron chi connectivity index (χ0n) is 12.1. The number of carbonyl (C=O) groups excluding carboxylic acids is 1. The van der Waals surface area contributed by atoms with Crippen molar-refractivity contribution in [2.75, 3.05) is 26.2 Å². The average molecular weight is 265 g/mol. The van der Waals surface area contributed by atoms with Crippen LogP contribution in [0.25, 0.3) is 0 Å². The molecular weight excluding hydrogens is 238 g/mol. The van der Waals surface area contributed by atoms with E-state index in [0.717, 1.165) is 32.6 Å². The zero-order chi connectivity index (χ0) is 13.2. The fraction of sp³-hybridized carbons (Fsp3) is 0.933. The summed E-state index contributed by atoms with van der Waals surface area (Å²) in [5.74, 6) is 0.418. The fourth-order valence-electron chi connectivity index (χ4n) is 3.80. The Kier molecular flexibility index (Phi) is 4.08. The van der Waals surface area contributed by atoms with Gasteiger partial charge in [-0.1, -0.05) is 0 Å². The highest BCUT2D eigenvalue weighted by Crippen LogP contribution is 2.31. The molecule has 2 heterocycles. The normalized spacial score (nSPS) is 29.6. The first-order valence-corrected chi connectivity index (χ1v) is 8.08. The van der Waals surface area contributed by atoms with Crippen LogP contribution in [-0.4, -0.2) is 60.0 Å². The standard InChI is InChI=1S/C15H27N3O/c1-2-17(12-5-6-12)15(19)14-4-3-11-18(14)13-7-9-16-10-8-13/h12-14,16H,2-11H2,1H3. The lowest BCUT2D eigenvalue weighted by molar-refractivity contribution is -0.137. The number of nitrogens with zero attached hydrogens (tertiary/aromatic N) is 2. The highest BCUT2D eigenvalue weighted by Gasteiger charge is 2.41. The molecule has 1 saturated carbocycles. The first-order valence-electron chi connectivity index (χ1n) is 8.08. The van der Waals surface area contributed by atoms with Crippen LogP contribution in [0.2, 0.25) is 0 Å². The van der Waals surface area contributed by atoms with Gasteiger partial charge in [0.2, 0.25) is 5.91 Å². The molecule has 1 amide bonds. The Balaban J connectivity index is 1.65. The molecule has 1 aliphatic carbocycles. The van der Waals surface area contributed by atoms with Crippen molar-refractivity contribution in [3.05, 3.63) is 0 Å². The topological polar surface area (TPSA) is 35.6 Å². The van der Waals surface area contributed by atoms with Crippen LogP contribution >= 0.6 is 0 Å². The summed E-state index contributed by atoms with van der Waals surface area (Å²) in [6.07, 6.45) is 7.13. The maximum atomic E-state index is 12.8. The van der Waals surface area contributed by atoms with Gasteiger partial charge in [-0.2, -0.15) is 0 Å². The molecule has 0 spiro atoms. The molecule has 3 fully saturated rings. The van der Waals surface area contributed by atoms with E-state index in [1.807, 2.05) is 0 Å². The molecule has 2 saturated heterocycles. The van der Waals surface area contributed by atoms with Gasteiger partial charge < -0.3 is 10.2 Å². The summed E-state index contributed by atoms with van der Waals surface area (Å²) < 4.78 is 0. The number of hydrogen-bond donors (Lipinski definition) is 1. The predicted octanol–water partition coefficient (Wildman–Crippen LogP) is 1.21. The monoisotopic (exact) mass is 265 g/mol. The van der Waals surface area contributed by atoms with Crippen LogP contribution in [0, 0.1) is 0 Å². The highest BCUT2D eigenvalue weighted by molar-refractivity contribution is 5.82. The molecule has 2 aliphatic heterocycles. The maximum Gasteiger partial charge on any atom is 0.240 e. The van der Waals surface area contributed by atoms with Crippen molar-refractivity contribution in [3.63, 3.8) is 0 Å². The molecule has 4 heteroatoms. The van der Waals surface area contributed by atoms with Crippen LogP contribution in [0.4, 0.5) is 0 Å². The van der Waals surface area contributed by atoms with Crippen molar-refractivity contribution in [2.45, 2.75) is 63.6 Å². The molecule has 0 aromatic carbocycles. The van der Waals surface area contributed by atoms with E-state index in [1.165, 1.54) is 32.1 Å². The van der Waals surface area contributed by atoms with Crippen LogP contribution in [0.1, 0.15) is 45.4 Å². The van der Waals surface area contributed by atoms with Gasteiger partial charge in [-0.15, -0.1) is 0 Å². The summed E-state index contributed by atoms with van der Waals surface area (Å²) in [5, 5.41) is 3.42. The number of amides is 1. The van der Waals surface area contributed by atoms with E-state index < -0.39 is 0 Å². The van der Waals surface area contributed by atoms with Crippen molar-refractivity contribution < 1.29 is 4.79 Å². The Morgan fingerprint density at radius 3 is 2.58 bits per heavy atom. The Bertz CT molecular complexity index is 323. The second kappa shape index (κ2) is 5.80. The number of likely N-dealkylation sites (N-methyl/N-ethyl adjacent to an activating group) is 1. The van der Waals surface area contributed by atoms with E-state index in [0.29, 0.717) is 18.0 Å². The molecule has 0 radical (unpaired) electrons. The Hall–Kier alpha value is -0.610. The minimum Gasteiger partial charge on any atom is -0.339 e. The molecule has 3 rings (SSSR count). The SMILES string of the molecule is CCN(C(=O)C1CCCN1C1CCNCC1)C1CC1.